The van der Waals surface area contributed by atoms with Crippen LogP contribution in [-0.2, 0) is 4.79 Å². The van der Waals surface area contributed by atoms with Crippen LogP contribution in [0.5, 0.6) is 0 Å². The van der Waals surface area contributed by atoms with Crippen LogP contribution in [-0.4, -0.2) is 10.2 Å². The summed E-state index contributed by atoms with van der Waals surface area (Å²) in [6.07, 6.45) is 0.437. The van der Waals surface area contributed by atoms with Crippen LogP contribution < -0.4 is 5.32 Å². The van der Waals surface area contributed by atoms with Gasteiger partial charge in [0.25, 0.3) is 0 Å². The maximum absolute atomic E-state index is 13.5. The number of carbonyl (C=O) groups excluding carboxylic acids is 1. The number of amides is 1. The van der Waals surface area contributed by atoms with Gasteiger partial charge in [-0.2, -0.15) is 0 Å². The van der Waals surface area contributed by atoms with E-state index >= 15 is 0 Å². The van der Waals surface area contributed by atoms with Gasteiger partial charge in [0.1, 0.15) is 10.2 Å². The smallest absolute Gasteiger partial charge is 0.227 e. The van der Waals surface area contributed by atoms with Crippen LogP contribution in [0.15, 0.2) is 54.6 Å². The van der Waals surface area contributed by atoms with Crippen molar-refractivity contribution in [2.24, 2.45) is 5.92 Å². The molecule has 2 nitrogen and oxygen atoms in total. The van der Waals surface area contributed by atoms with E-state index in [4.69, 9.17) is 23.2 Å². The molecule has 3 rings (SSSR count). The second-order valence-electron chi connectivity index (χ2n) is 5.43. The Kier molecular flexibility index (Phi) is 4.11. The van der Waals surface area contributed by atoms with Gasteiger partial charge in [-0.3, -0.25) is 4.79 Å². The average molecular weight is 338 g/mol. The molecule has 1 fully saturated rings. The Morgan fingerprint density at radius 1 is 1.14 bits per heavy atom. The summed E-state index contributed by atoms with van der Waals surface area (Å²) in [7, 11) is 0. The Morgan fingerprint density at radius 3 is 2.36 bits per heavy atom. The van der Waals surface area contributed by atoms with Gasteiger partial charge in [-0.05, 0) is 29.7 Å². The van der Waals surface area contributed by atoms with Crippen molar-refractivity contribution in [1.82, 2.24) is 5.32 Å². The fourth-order valence-electron chi connectivity index (χ4n) is 2.43. The van der Waals surface area contributed by atoms with E-state index in [0.29, 0.717) is 12.0 Å². The van der Waals surface area contributed by atoms with Gasteiger partial charge in [-0.25, -0.2) is 4.39 Å². The van der Waals surface area contributed by atoms with E-state index in [1.54, 1.807) is 12.1 Å². The SMILES string of the molecule is O=C(N[C@H](c1ccccc1)c1cccc(F)c1)[C@@H]1CC1(Cl)Cl. The van der Waals surface area contributed by atoms with Crippen LogP contribution in [0.4, 0.5) is 4.39 Å². The molecule has 0 unspecified atom stereocenters. The van der Waals surface area contributed by atoms with Gasteiger partial charge >= 0.3 is 0 Å². The third-order valence-corrected chi connectivity index (χ3v) is 4.58. The van der Waals surface area contributed by atoms with Crippen molar-refractivity contribution < 1.29 is 9.18 Å². The lowest BCUT2D eigenvalue weighted by Crippen LogP contribution is -2.31. The molecule has 0 saturated heterocycles. The van der Waals surface area contributed by atoms with Gasteiger partial charge < -0.3 is 5.32 Å². The number of benzene rings is 2. The highest BCUT2D eigenvalue weighted by Gasteiger charge is 2.56. The molecule has 0 aromatic heterocycles. The molecule has 1 aliphatic rings. The molecular weight excluding hydrogens is 324 g/mol. The van der Waals surface area contributed by atoms with Crippen LogP contribution in [0.2, 0.25) is 0 Å². The summed E-state index contributed by atoms with van der Waals surface area (Å²) in [5.74, 6) is -0.984. The molecule has 114 valence electrons. The maximum atomic E-state index is 13.5. The monoisotopic (exact) mass is 337 g/mol. The third kappa shape index (κ3) is 3.26. The highest BCUT2D eigenvalue weighted by molar-refractivity contribution is 6.52. The van der Waals surface area contributed by atoms with Gasteiger partial charge in [-0.1, -0.05) is 42.5 Å². The molecular formula is C17H14Cl2FNO. The zero-order valence-electron chi connectivity index (χ0n) is 11.6. The minimum atomic E-state index is -0.979. The lowest BCUT2D eigenvalue weighted by molar-refractivity contribution is -0.122. The third-order valence-electron chi connectivity index (χ3n) is 3.74. The van der Waals surface area contributed by atoms with Crippen molar-refractivity contribution in [1.29, 1.82) is 0 Å². The first-order valence-electron chi connectivity index (χ1n) is 6.96. The molecule has 0 bridgehead atoms. The summed E-state index contributed by atoms with van der Waals surface area (Å²) >= 11 is 11.9. The van der Waals surface area contributed by atoms with E-state index in [2.05, 4.69) is 5.32 Å². The summed E-state index contributed by atoms with van der Waals surface area (Å²) in [5, 5.41) is 2.92. The van der Waals surface area contributed by atoms with Crippen molar-refractivity contribution >= 4 is 29.1 Å². The van der Waals surface area contributed by atoms with Crippen LogP contribution >= 0.6 is 23.2 Å². The first kappa shape index (κ1) is 15.3. The normalized spacial score (nSPS) is 20.2. The standard InChI is InChI=1S/C17H14Cl2FNO/c18-17(19)10-14(17)16(22)21-15(11-5-2-1-3-6-11)12-7-4-8-13(20)9-12/h1-9,14-15H,10H2,(H,21,22)/t14-,15+/m0/s1. The number of carbonyl (C=O) groups is 1. The van der Waals surface area contributed by atoms with Crippen LogP contribution in [0.1, 0.15) is 23.6 Å². The lowest BCUT2D eigenvalue weighted by Gasteiger charge is -2.20. The fraction of sp³-hybridized carbons (Fsp3) is 0.235. The predicted octanol–water partition coefficient (Wildman–Crippen LogP) is 4.23. The quantitative estimate of drug-likeness (QED) is 0.831. The number of alkyl halides is 2. The van der Waals surface area contributed by atoms with E-state index < -0.39 is 16.3 Å². The summed E-state index contributed by atoms with van der Waals surface area (Å²) < 4.78 is 12.5. The number of hydrogen-bond donors (Lipinski definition) is 1. The summed E-state index contributed by atoms with van der Waals surface area (Å²) in [6, 6.07) is 15.2. The first-order valence-corrected chi connectivity index (χ1v) is 7.71. The fourth-order valence-corrected chi connectivity index (χ4v) is 2.94. The van der Waals surface area contributed by atoms with E-state index in [1.165, 1.54) is 12.1 Å². The van der Waals surface area contributed by atoms with Crippen molar-refractivity contribution in [3.8, 4) is 0 Å². The minimum absolute atomic E-state index is 0.219. The number of halogens is 3. The minimum Gasteiger partial charge on any atom is -0.345 e. The molecule has 1 N–H and O–H groups in total. The van der Waals surface area contributed by atoms with Crippen molar-refractivity contribution in [2.45, 2.75) is 16.8 Å². The Hall–Kier alpha value is -1.58. The highest BCUT2D eigenvalue weighted by atomic mass is 35.5. The number of rotatable bonds is 4. The molecule has 0 aliphatic heterocycles. The van der Waals surface area contributed by atoms with Crippen molar-refractivity contribution in [2.75, 3.05) is 0 Å². The summed E-state index contributed by atoms with van der Waals surface area (Å²) in [4.78, 5) is 12.3. The molecule has 0 spiro atoms. The second-order valence-corrected chi connectivity index (χ2v) is 6.97. The van der Waals surface area contributed by atoms with Crippen LogP contribution in [0, 0.1) is 11.7 Å². The zero-order chi connectivity index (χ0) is 15.7. The molecule has 1 amide bonds. The summed E-state index contributed by atoms with van der Waals surface area (Å²) in [5.41, 5.74) is 1.55. The number of hydrogen-bond acceptors (Lipinski definition) is 1. The first-order chi connectivity index (χ1) is 10.5. The van der Waals surface area contributed by atoms with E-state index in [9.17, 15) is 9.18 Å². The Bertz CT molecular complexity index is 690. The topological polar surface area (TPSA) is 29.1 Å². The van der Waals surface area contributed by atoms with E-state index in [0.717, 1.165) is 5.56 Å². The van der Waals surface area contributed by atoms with Gasteiger partial charge in [0, 0.05) is 0 Å². The van der Waals surface area contributed by atoms with E-state index in [1.807, 2.05) is 30.3 Å². The molecule has 2 atom stereocenters. The molecule has 5 heteroatoms. The van der Waals surface area contributed by atoms with Gasteiger partial charge in [-0.15, -0.1) is 23.2 Å². The average Bonchev–Trinajstić information content (AvgIpc) is 3.14. The zero-order valence-corrected chi connectivity index (χ0v) is 13.1. The lowest BCUT2D eigenvalue weighted by atomic mass is 9.98. The molecule has 22 heavy (non-hydrogen) atoms. The molecule has 0 heterocycles. The molecule has 2 aromatic carbocycles. The number of nitrogens with one attached hydrogen (secondary N) is 1. The predicted molar refractivity (Wildman–Crippen MR) is 85.4 cm³/mol. The highest BCUT2D eigenvalue weighted by Crippen LogP contribution is 2.53. The van der Waals surface area contributed by atoms with Crippen molar-refractivity contribution in [3.63, 3.8) is 0 Å². The van der Waals surface area contributed by atoms with Crippen LogP contribution in [0.3, 0.4) is 0 Å². The Labute approximate surface area is 138 Å². The molecule has 0 radical (unpaired) electrons. The summed E-state index contributed by atoms with van der Waals surface area (Å²) in [6.45, 7) is 0. The van der Waals surface area contributed by atoms with Gasteiger partial charge in [0.05, 0.1) is 12.0 Å². The second kappa shape index (κ2) is 5.90. The van der Waals surface area contributed by atoms with Crippen molar-refractivity contribution in [3.05, 3.63) is 71.5 Å². The Balaban J connectivity index is 1.89. The van der Waals surface area contributed by atoms with Gasteiger partial charge in [0.2, 0.25) is 5.91 Å². The van der Waals surface area contributed by atoms with E-state index in [-0.39, 0.29) is 11.7 Å². The molecule has 1 saturated carbocycles. The van der Waals surface area contributed by atoms with Gasteiger partial charge in [0.15, 0.2) is 0 Å². The largest absolute Gasteiger partial charge is 0.345 e. The Morgan fingerprint density at radius 2 is 1.77 bits per heavy atom. The molecule has 2 aromatic rings. The molecule has 1 aliphatic carbocycles. The maximum Gasteiger partial charge on any atom is 0.227 e. The van der Waals surface area contributed by atoms with Crippen LogP contribution in [0.25, 0.3) is 0 Å².